The first-order valence-electron chi connectivity index (χ1n) is 6.04. The van der Waals surface area contributed by atoms with Gasteiger partial charge in [-0.25, -0.2) is 9.55 Å². The second kappa shape index (κ2) is 5.92. The third kappa shape index (κ3) is 3.08. The van der Waals surface area contributed by atoms with Gasteiger partial charge in [0.15, 0.2) is 5.82 Å². The molecule has 1 aromatic carbocycles. The first-order valence-corrected chi connectivity index (χ1v) is 6.42. The van der Waals surface area contributed by atoms with Crippen LogP contribution in [0.3, 0.4) is 0 Å². The molecule has 0 unspecified atom stereocenters. The van der Waals surface area contributed by atoms with E-state index in [2.05, 4.69) is 4.98 Å². The number of aromatic nitrogens is 2. The quantitative estimate of drug-likeness (QED) is 0.627. The highest BCUT2D eigenvalue weighted by Crippen LogP contribution is 2.21. The lowest BCUT2D eigenvalue weighted by Gasteiger charge is -2.07. The number of hydrogen-bond donors (Lipinski definition) is 0. The molecule has 7 heteroatoms. The second-order valence-corrected chi connectivity index (χ2v) is 4.74. The van der Waals surface area contributed by atoms with Crippen LogP contribution in [0.15, 0.2) is 24.4 Å². The molecule has 0 aliphatic rings. The van der Waals surface area contributed by atoms with Crippen LogP contribution >= 0.6 is 11.6 Å². The molecule has 2 aromatic rings. The van der Waals surface area contributed by atoms with Gasteiger partial charge in [0.25, 0.3) is 0 Å². The standard InChI is InChI=1S/C13H14ClN3O3/c1-9-7-11(3-4-12(9)14)20-6-5-16-10(2)15-8-13(16)17(18)19/h3-4,7-8H,5-6H2,1-2H3. The van der Waals surface area contributed by atoms with E-state index in [0.717, 1.165) is 5.56 Å². The van der Waals surface area contributed by atoms with E-state index in [1.165, 1.54) is 10.8 Å². The van der Waals surface area contributed by atoms with E-state index < -0.39 is 4.92 Å². The molecule has 2 rings (SSSR count). The van der Waals surface area contributed by atoms with Crippen molar-refractivity contribution in [1.82, 2.24) is 9.55 Å². The van der Waals surface area contributed by atoms with Crippen LogP contribution in [-0.2, 0) is 6.54 Å². The molecule has 0 N–H and O–H groups in total. The average molecular weight is 296 g/mol. The van der Waals surface area contributed by atoms with Gasteiger partial charge < -0.3 is 14.9 Å². The molecule has 1 heterocycles. The third-order valence-corrected chi connectivity index (χ3v) is 3.36. The Morgan fingerprint density at radius 1 is 1.45 bits per heavy atom. The Kier molecular flexibility index (Phi) is 4.24. The van der Waals surface area contributed by atoms with Gasteiger partial charge in [0, 0.05) is 11.9 Å². The molecular weight excluding hydrogens is 282 g/mol. The lowest BCUT2D eigenvalue weighted by atomic mass is 10.2. The molecule has 6 nitrogen and oxygen atoms in total. The van der Waals surface area contributed by atoms with Crippen molar-refractivity contribution in [2.45, 2.75) is 20.4 Å². The van der Waals surface area contributed by atoms with Crippen LogP contribution in [0, 0.1) is 24.0 Å². The van der Waals surface area contributed by atoms with E-state index in [9.17, 15) is 10.1 Å². The normalized spacial score (nSPS) is 10.6. The average Bonchev–Trinajstić information content (AvgIpc) is 2.76. The van der Waals surface area contributed by atoms with Gasteiger partial charge in [0.1, 0.15) is 25.1 Å². The summed E-state index contributed by atoms with van der Waals surface area (Å²) in [5.41, 5.74) is 0.925. The van der Waals surface area contributed by atoms with Crippen LogP contribution in [0.4, 0.5) is 5.82 Å². The lowest BCUT2D eigenvalue weighted by molar-refractivity contribution is -0.392. The van der Waals surface area contributed by atoms with Gasteiger partial charge in [-0.1, -0.05) is 11.6 Å². The van der Waals surface area contributed by atoms with Gasteiger partial charge in [-0.05, 0) is 35.6 Å². The summed E-state index contributed by atoms with van der Waals surface area (Å²) in [5, 5.41) is 11.5. The van der Waals surface area contributed by atoms with Crippen molar-refractivity contribution in [3.8, 4) is 5.75 Å². The monoisotopic (exact) mass is 295 g/mol. The van der Waals surface area contributed by atoms with Gasteiger partial charge in [-0.3, -0.25) is 0 Å². The summed E-state index contributed by atoms with van der Waals surface area (Å²) in [7, 11) is 0. The third-order valence-electron chi connectivity index (χ3n) is 2.93. The highest BCUT2D eigenvalue weighted by atomic mass is 35.5. The number of aryl methyl sites for hydroxylation is 2. The fraction of sp³-hybridized carbons (Fsp3) is 0.308. The van der Waals surface area contributed by atoms with Gasteiger partial charge in [0.2, 0.25) is 0 Å². The van der Waals surface area contributed by atoms with Crippen LogP contribution in [0.5, 0.6) is 5.75 Å². The molecule has 0 aliphatic carbocycles. The molecule has 0 saturated heterocycles. The summed E-state index contributed by atoms with van der Waals surface area (Å²) in [6, 6.07) is 5.36. The Morgan fingerprint density at radius 2 is 2.20 bits per heavy atom. The minimum absolute atomic E-state index is 0.0293. The molecule has 0 spiro atoms. The Hall–Kier alpha value is -2.08. The zero-order valence-corrected chi connectivity index (χ0v) is 11.9. The summed E-state index contributed by atoms with van der Waals surface area (Å²) in [4.78, 5) is 14.3. The zero-order valence-electron chi connectivity index (χ0n) is 11.2. The molecule has 20 heavy (non-hydrogen) atoms. The Morgan fingerprint density at radius 3 is 2.85 bits per heavy atom. The Labute approximate surface area is 121 Å². The summed E-state index contributed by atoms with van der Waals surface area (Å²) in [5.74, 6) is 1.25. The lowest BCUT2D eigenvalue weighted by Crippen LogP contribution is -2.11. The number of nitrogens with zero attached hydrogens (tertiary/aromatic N) is 3. The second-order valence-electron chi connectivity index (χ2n) is 4.33. The summed E-state index contributed by atoms with van der Waals surface area (Å²) >= 11 is 5.93. The van der Waals surface area contributed by atoms with E-state index >= 15 is 0 Å². The summed E-state index contributed by atoms with van der Waals surface area (Å²) in [6.45, 7) is 4.29. The van der Waals surface area contributed by atoms with E-state index in [0.29, 0.717) is 29.7 Å². The van der Waals surface area contributed by atoms with Gasteiger partial charge in [-0.2, -0.15) is 0 Å². The highest BCUT2D eigenvalue weighted by Gasteiger charge is 2.16. The molecule has 0 radical (unpaired) electrons. The van der Waals surface area contributed by atoms with E-state index in [1.54, 1.807) is 19.1 Å². The van der Waals surface area contributed by atoms with Crippen molar-refractivity contribution in [2.24, 2.45) is 0 Å². The molecule has 0 amide bonds. The van der Waals surface area contributed by atoms with Crippen molar-refractivity contribution in [2.75, 3.05) is 6.61 Å². The maximum absolute atomic E-state index is 10.8. The SMILES string of the molecule is Cc1cc(OCCn2c([N+](=O)[O-])cnc2C)ccc1Cl. The number of hydrogen-bond acceptors (Lipinski definition) is 4. The van der Waals surface area contributed by atoms with Gasteiger partial charge in [-0.15, -0.1) is 0 Å². The smallest absolute Gasteiger partial charge is 0.342 e. The highest BCUT2D eigenvalue weighted by molar-refractivity contribution is 6.31. The van der Waals surface area contributed by atoms with Crippen molar-refractivity contribution in [1.29, 1.82) is 0 Å². The largest absolute Gasteiger partial charge is 0.489 e. The van der Waals surface area contributed by atoms with Crippen molar-refractivity contribution in [3.63, 3.8) is 0 Å². The Balaban J connectivity index is 2.01. The van der Waals surface area contributed by atoms with Gasteiger partial charge in [0.05, 0.1) is 0 Å². The molecule has 0 saturated carbocycles. The summed E-state index contributed by atoms with van der Waals surface area (Å²) in [6.07, 6.45) is 1.25. The molecule has 0 atom stereocenters. The van der Waals surface area contributed by atoms with Crippen molar-refractivity contribution < 1.29 is 9.66 Å². The van der Waals surface area contributed by atoms with Crippen LogP contribution in [0.1, 0.15) is 11.4 Å². The van der Waals surface area contributed by atoms with Crippen molar-refractivity contribution in [3.05, 3.63) is 50.9 Å². The molecule has 0 aliphatic heterocycles. The molecule has 0 fully saturated rings. The fourth-order valence-electron chi connectivity index (χ4n) is 1.84. The van der Waals surface area contributed by atoms with Crippen LogP contribution < -0.4 is 4.74 Å². The predicted octanol–water partition coefficient (Wildman–Crippen LogP) is 3.14. The first kappa shape index (κ1) is 14.3. The molecule has 106 valence electrons. The maximum Gasteiger partial charge on any atom is 0.342 e. The number of halogens is 1. The number of nitro groups is 1. The molecular formula is C13H14ClN3O3. The van der Waals surface area contributed by atoms with E-state index in [1.807, 2.05) is 13.0 Å². The number of ether oxygens (including phenoxy) is 1. The van der Waals surface area contributed by atoms with Crippen molar-refractivity contribution >= 4 is 17.4 Å². The van der Waals surface area contributed by atoms with E-state index in [4.69, 9.17) is 16.3 Å². The van der Waals surface area contributed by atoms with E-state index in [-0.39, 0.29) is 5.82 Å². The number of imidazole rings is 1. The minimum Gasteiger partial charge on any atom is -0.489 e. The van der Waals surface area contributed by atoms with Crippen LogP contribution in [0.25, 0.3) is 0 Å². The zero-order chi connectivity index (χ0) is 14.7. The number of benzene rings is 1. The minimum atomic E-state index is -0.452. The molecule has 1 aromatic heterocycles. The van der Waals surface area contributed by atoms with Gasteiger partial charge >= 0.3 is 5.82 Å². The van der Waals surface area contributed by atoms with Crippen LogP contribution in [0.2, 0.25) is 5.02 Å². The maximum atomic E-state index is 10.8. The fourth-order valence-corrected chi connectivity index (χ4v) is 1.96. The first-order chi connectivity index (χ1) is 9.49. The summed E-state index contributed by atoms with van der Waals surface area (Å²) < 4.78 is 7.09. The Bertz CT molecular complexity index is 640. The number of rotatable bonds is 5. The van der Waals surface area contributed by atoms with Crippen LogP contribution in [-0.4, -0.2) is 21.1 Å². The predicted molar refractivity (Wildman–Crippen MR) is 75.3 cm³/mol. The molecule has 0 bridgehead atoms. The topological polar surface area (TPSA) is 70.2 Å².